The van der Waals surface area contributed by atoms with Crippen LogP contribution >= 0.6 is 15.9 Å². The first-order valence-electron chi connectivity index (χ1n) is 7.25. The molecule has 2 unspecified atom stereocenters. The number of amides is 1. The first kappa shape index (κ1) is 21.6. The molecule has 0 saturated carbocycles. The van der Waals surface area contributed by atoms with E-state index < -0.39 is 30.2 Å². The Labute approximate surface area is 158 Å². The van der Waals surface area contributed by atoms with E-state index >= 15 is 0 Å². The standard InChI is InChI=1S/C16H18BrNO8/c1-23-13(20)7-12(16(22)25-3)18-15(21)9-4-10(17)6-11(5-9)26-14(8-19)24-2/h4-6,8,12,14H,7H2,1-3H3,(H,18,21). The Morgan fingerprint density at radius 2 is 1.85 bits per heavy atom. The third-order valence-electron chi connectivity index (χ3n) is 3.12. The third-order valence-corrected chi connectivity index (χ3v) is 3.58. The molecule has 0 aromatic heterocycles. The van der Waals surface area contributed by atoms with E-state index in [2.05, 4.69) is 30.7 Å². The first-order chi connectivity index (χ1) is 12.3. The predicted octanol–water partition coefficient (Wildman–Crippen LogP) is 0.834. The van der Waals surface area contributed by atoms with E-state index in [1.165, 1.54) is 25.3 Å². The molecule has 0 fully saturated rings. The van der Waals surface area contributed by atoms with Crippen molar-refractivity contribution in [1.82, 2.24) is 5.32 Å². The van der Waals surface area contributed by atoms with Crippen LogP contribution in [0.1, 0.15) is 16.8 Å². The van der Waals surface area contributed by atoms with Crippen molar-refractivity contribution < 1.29 is 38.1 Å². The maximum atomic E-state index is 12.4. The molecule has 0 radical (unpaired) electrons. The number of esters is 2. The van der Waals surface area contributed by atoms with Crippen molar-refractivity contribution in [3.63, 3.8) is 0 Å². The summed E-state index contributed by atoms with van der Waals surface area (Å²) in [5, 5.41) is 2.39. The molecule has 1 aromatic carbocycles. The van der Waals surface area contributed by atoms with Crippen LogP contribution in [0.25, 0.3) is 0 Å². The number of halogens is 1. The molecule has 0 aliphatic carbocycles. The minimum Gasteiger partial charge on any atom is -0.469 e. The highest BCUT2D eigenvalue weighted by molar-refractivity contribution is 9.10. The summed E-state index contributed by atoms with van der Waals surface area (Å²) in [5.74, 6) is -1.95. The number of rotatable bonds is 9. The first-order valence-corrected chi connectivity index (χ1v) is 8.04. The second kappa shape index (κ2) is 10.5. The number of methoxy groups -OCH3 is 3. The SMILES string of the molecule is COC(=O)CC(NC(=O)c1cc(Br)cc(OC(C=O)OC)c1)C(=O)OC. The molecule has 10 heteroatoms. The van der Waals surface area contributed by atoms with Gasteiger partial charge in [-0.05, 0) is 18.2 Å². The third kappa shape index (κ3) is 6.45. The number of nitrogens with one attached hydrogen (secondary N) is 1. The normalized spacial score (nSPS) is 12.5. The topological polar surface area (TPSA) is 117 Å². The van der Waals surface area contributed by atoms with Crippen molar-refractivity contribution in [3.05, 3.63) is 28.2 Å². The van der Waals surface area contributed by atoms with Gasteiger partial charge in [0.15, 0.2) is 6.29 Å². The number of carbonyl (C=O) groups excluding carboxylic acids is 4. The second-order valence-corrected chi connectivity index (χ2v) is 5.78. The van der Waals surface area contributed by atoms with E-state index in [9.17, 15) is 19.2 Å². The lowest BCUT2D eigenvalue weighted by atomic mass is 10.1. The molecule has 1 aromatic rings. The van der Waals surface area contributed by atoms with Crippen molar-refractivity contribution in [2.45, 2.75) is 18.8 Å². The highest BCUT2D eigenvalue weighted by Crippen LogP contribution is 2.22. The average molecular weight is 432 g/mol. The molecule has 142 valence electrons. The summed E-state index contributed by atoms with van der Waals surface area (Å²) in [5.41, 5.74) is 0.119. The number of benzene rings is 1. The molecular weight excluding hydrogens is 414 g/mol. The molecule has 0 heterocycles. The summed E-state index contributed by atoms with van der Waals surface area (Å²) < 4.78 is 19.6. The van der Waals surface area contributed by atoms with Crippen LogP contribution in [0.15, 0.2) is 22.7 Å². The van der Waals surface area contributed by atoms with Crippen molar-refractivity contribution in [3.8, 4) is 5.75 Å². The summed E-state index contributed by atoms with van der Waals surface area (Å²) in [4.78, 5) is 46.4. The van der Waals surface area contributed by atoms with Gasteiger partial charge in [-0.2, -0.15) is 0 Å². The fraction of sp³-hybridized carbons (Fsp3) is 0.375. The predicted molar refractivity (Wildman–Crippen MR) is 91.5 cm³/mol. The molecule has 1 amide bonds. The molecule has 0 aliphatic heterocycles. The summed E-state index contributed by atoms with van der Waals surface area (Å²) >= 11 is 3.22. The Hall–Kier alpha value is -2.46. The van der Waals surface area contributed by atoms with Gasteiger partial charge in [-0.15, -0.1) is 0 Å². The number of hydrogen-bond acceptors (Lipinski definition) is 8. The molecule has 2 atom stereocenters. The van der Waals surface area contributed by atoms with Gasteiger partial charge < -0.3 is 24.3 Å². The zero-order valence-electron chi connectivity index (χ0n) is 14.3. The lowest BCUT2D eigenvalue weighted by Crippen LogP contribution is -2.43. The van der Waals surface area contributed by atoms with E-state index in [4.69, 9.17) is 9.47 Å². The Morgan fingerprint density at radius 3 is 2.38 bits per heavy atom. The summed E-state index contributed by atoms with van der Waals surface area (Å²) in [6, 6.07) is 3.13. The summed E-state index contributed by atoms with van der Waals surface area (Å²) in [7, 11) is 3.59. The molecule has 1 N–H and O–H groups in total. The molecule has 9 nitrogen and oxygen atoms in total. The number of hydrogen-bond donors (Lipinski definition) is 1. The molecular formula is C16H18BrNO8. The van der Waals surface area contributed by atoms with Gasteiger partial charge in [0.25, 0.3) is 12.2 Å². The van der Waals surface area contributed by atoms with Crippen LogP contribution in [0.4, 0.5) is 0 Å². The summed E-state index contributed by atoms with van der Waals surface area (Å²) in [6.45, 7) is 0. The van der Waals surface area contributed by atoms with Gasteiger partial charge in [-0.1, -0.05) is 15.9 Å². The van der Waals surface area contributed by atoms with Crippen molar-refractivity contribution in [1.29, 1.82) is 0 Å². The van der Waals surface area contributed by atoms with Gasteiger partial charge in [0.05, 0.1) is 20.6 Å². The van der Waals surface area contributed by atoms with E-state index in [0.717, 1.165) is 14.2 Å². The van der Waals surface area contributed by atoms with Crippen molar-refractivity contribution in [2.75, 3.05) is 21.3 Å². The van der Waals surface area contributed by atoms with Gasteiger partial charge in [0, 0.05) is 17.1 Å². The van der Waals surface area contributed by atoms with E-state index in [0.29, 0.717) is 10.8 Å². The molecule has 0 bridgehead atoms. The van der Waals surface area contributed by atoms with Gasteiger partial charge in [0.1, 0.15) is 11.8 Å². The fourth-order valence-electron chi connectivity index (χ4n) is 1.85. The van der Waals surface area contributed by atoms with Crippen LogP contribution < -0.4 is 10.1 Å². The molecule has 0 saturated heterocycles. The molecule has 26 heavy (non-hydrogen) atoms. The highest BCUT2D eigenvalue weighted by Gasteiger charge is 2.26. The van der Waals surface area contributed by atoms with Gasteiger partial charge in [-0.25, -0.2) is 4.79 Å². The zero-order chi connectivity index (χ0) is 19.7. The van der Waals surface area contributed by atoms with Crippen LogP contribution in [-0.4, -0.2) is 57.8 Å². The largest absolute Gasteiger partial charge is 0.469 e. The van der Waals surface area contributed by atoms with Crippen LogP contribution in [0, 0.1) is 0 Å². The quantitative estimate of drug-likeness (QED) is 0.347. The Bertz CT molecular complexity index is 678. The van der Waals surface area contributed by atoms with Crippen LogP contribution in [0.3, 0.4) is 0 Å². The summed E-state index contributed by atoms with van der Waals surface area (Å²) in [6.07, 6.45) is -1.07. The maximum absolute atomic E-state index is 12.4. The minimum atomic E-state index is -1.22. The Kier molecular flexibility index (Phi) is 8.73. The van der Waals surface area contributed by atoms with Crippen molar-refractivity contribution >= 4 is 40.1 Å². The lowest BCUT2D eigenvalue weighted by molar-refractivity contribution is -0.149. The molecule has 0 spiro atoms. The van der Waals surface area contributed by atoms with Crippen LogP contribution in [0.5, 0.6) is 5.75 Å². The number of ether oxygens (including phenoxy) is 4. The van der Waals surface area contributed by atoms with Gasteiger partial charge in [-0.3, -0.25) is 14.4 Å². The monoisotopic (exact) mass is 431 g/mol. The van der Waals surface area contributed by atoms with E-state index in [-0.39, 0.29) is 17.7 Å². The smallest absolute Gasteiger partial charge is 0.328 e. The average Bonchev–Trinajstić information content (AvgIpc) is 2.63. The Morgan fingerprint density at radius 1 is 1.15 bits per heavy atom. The van der Waals surface area contributed by atoms with E-state index in [1.54, 1.807) is 0 Å². The zero-order valence-corrected chi connectivity index (χ0v) is 15.9. The second-order valence-electron chi connectivity index (χ2n) is 4.86. The minimum absolute atomic E-state index is 0.119. The van der Waals surface area contributed by atoms with Crippen LogP contribution in [-0.2, 0) is 28.6 Å². The molecule has 0 aliphatic rings. The van der Waals surface area contributed by atoms with Crippen molar-refractivity contribution in [2.24, 2.45) is 0 Å². The number of aldehydes is 1. The fourth-order valence-corrected chi connectivity index (χ4v) is 2.33. The lowest BCUT2D eigenvalue weighted by Gasteiger charge is -2.16. The molecule has 1 rings (SSSR count). The van der Waals surface area contributed by atoms with Gasteiger partial charge in [0.2, 0.25) is 0 Å². The van der Waals surface area contributed by atoms with Crippen LogP contribution in [0.2, 0.25) is 0 Å². The maximum Gasteiger partial charge on any atom is 0.328 e. The number of carbonyl (C=O) groups is 4. The highest BCUT2D eigenvalue weighted by atomic mass is 79.9. The Balaban J connectivity index is 2.99. The van der Waals surface area contributed by atoms with E-state index in [1.807, 2.05) is 0 Å². The van der Waals surface area contributed by atoms with Gasteiger partial charge >= 0.3 is 11.9 Å².